The smallest absolute Gasteiger partial charge is 0.158 e. The maximum atomic E-state index is 5.41. The summed E-state index contributed by atoms with van der Waals surface area (Å²) in [4.78, 5) is 14.1. The number of hydrazine groups is 1. The van der Waals surface area contributed by atoms with Gasteiger partial charge in [0.05, 0.1) is 6.04 Å². The minimum Gasteiger partial charge on any atom is -0.377 e. The third-order valence-corrected chi connectivity index (χ3v) is 3.66. The van der Waals surface area contributed by atoms with E-state index in [9.17, 15) is 0 Å². The molecule has 7 nitrogen and oxygen atoms in total. The molecule has 1 atom stereocenters. The van der Waals surface area contributed by atoms with Crippen molar-refractivity contribution in [2.24, 2.45) is 5.84 Å². The van der Waals surface area contributed by atoms with E-state index in [1.165, 1.54) is 4.88 Å². The molecule has 2 aromatic heterocycles. The first kappa shape index (κ1) is 14.6. The summed E-state index contributed by atoms with van der Waals surface area (Å²) in [5.41, 5.74) is 2.52. The van der Waals surface area contributed by atoms with Gasteiger partial charge in [0.2, 0.25) is 0 Å². The van der Waals surface area contributed by atoms with Crippen LogP contribution in [0.3, 0.4) is 0 Å². The second kappa shape index (κ2) is 6.60. The van der Waals surface area contributed by atoms with Crippen molar-refractivity contribution in [2.75, 3.05) is 17.9 Å². The fraction of sp³-hybridized carbons (Fsp3) is 0.417. The van der Waals surface area contributed by atoms with Gasteiger partial charge in [0, 0.05) is 24.3 Å². The molecule has 0 radical (unpaired) electrons. The second-order valence-corrected chi connectivity index (χ2v) is 5.57. The van der Waals surface area contributed by atoms with Crippen LogP contribution in [0.5, 0.6) is 0 Å². The number of rotatable bonds is 6. The lowest BCUT2D eigenvalue weighted by atomic mass is 10.3. The molecule has 4 N–H and O–H groups in total. The van der Waals surface area contributed by atoms with Crippen LogP contribution >= 0.6 is 11.3 Å². The summed E-state index contributed by atoms with van der Waals surface area (Å²) >= 11 is 1.66. The Morgan fingerprint density at radius 1 is 1.40 bits per heavy atom. The van der Waals surface area contributed by atoms with Crippen LogP contribution in [-0.4, -0.2) is 22.1 Å². The van der Waals surface area contributed by atoms with Gasteiger partial charge < -0.3 is 15.5 Å². The Hall–Kier alpha value is -1.77. The molecule has 1 unspecified atom stereocenters. The predicted octanol–water partition coefficient (Wildman–Crippen LogP) is 1.85. The summed E-state index contributed by atoms with van der Waals surface area (Å²) in [6.45, 7) is 4.40. The highest BCUT2D eigenvalue weighted by molar-refractivity contribution is 7.11. The first-order valence-electron chi connectivity index (χ1n) is 6.14. The Morgan fingerprint density at radius 2 is 2.15 bits per heavy atom. The average molecular weight is 294 g/mol. The number of aromatic nitrogens is 3. The fourth-order valence-electron chi connectivity index (χ4n) is 1.69. The Bertz CT molecular complexity index is 573. The number of methoxy groups -OCH3 is 1. The highest BCUT2D eigenvalue weighted by atomic mass is 32.1. The number of hydrogen-bond donors (Lipinski definition) is 3. The van der Waals surface area contributed by atoms with E-state index in [0.29, 0.717) is 24.1 Å². The van der Waals surface area contributed by atoms with Crippen molar-refractivity contribution in [3.63, 3.8) is 0 Å². The molecule has 0 bridgehead atoms. The van der Waals surface area contributed by atoms with Crippen LogP contribution in [0, 0.1) is 6.92 Å². The molecule has 0 saturated heterocycles. The highest BCUT2D eigenvalue weighted by Crippen LogP contribution is 2.23. The van der Waals surface area contributed by atoms with Crippen LogP contribution in [0.2, 0.25) is 0 Å². The third kappa shape index (κ3) is 3.62. The van der Waals surface area contributed by atoms with Crippen molar-refractivity contribution in [1.29, 1.82) is 0 Å². The molecule has 0 aliphatic heterocycles. The van der Waals surface area contributed by atoms with Gasteiger partial charge in [0.15, 0.2) is 5.82 Å². The van der Waals surface area contributed by atoms with Crippen molar-refractivity contribution in [2.45, 2.75) is 26.5 Å². The molecule has 20 heavy (non-hydrogen) atoms. The van der Waals surface area contributed by atoms with Gasteiger partial charge in [0.25, 0.3) is 0 Å². The van der Waals surface area contributed by atoms with Gasteiger partial charge in [-0.2, -0.15) is 0 Å². The lowest BCUT2D eigenvalue weighted by Gasteiger charge is -2.13. The number of aryl methyl sites for hydroxylation is 1. The molecular formula is C12H18N6OS. The zero-order valence-corrected chi connectivity index (χ0v) is 12.5. The van der Waals surface area contributed by atoms with Crippen LogP contribution in [-0.2, 0) is 11.3 Å². The first-order valence-corrected chi connectivity index (χ1v) is 6.96. The number of nitrogens with one attached hydrogen (secondary N) is 2. The molecule has 0 spiro atoms. The lowest BCUT2D eigenvalue weighted by Crippen LogP contribution is -2.14. The van der Waals surface area contributed by atoms with Gasteiger partial charge in [0.1, 0.15) is 23.3 Å². The second-order valence-electron chi connectivity index (χ2n) is 4.31. The van der Waals surface area contributed by atoms with Gasteiger partial charge >= 0.3 is 0 Å². The van der Waals surface area contributed by atoms with Crippen LogP contribution < -0.4 is 16.6 Å². The normalized spacial score (nSPS) is 12.2. The van der Waals surface area contributed by atoms with Gasteiger partial charge in [-0.15, -0.1) is 11.3 Å². The predicted molar refractivity (Wildman–Crippen MR) is 79.4 cm³/mol. The number of nitrogen functional groups attached to an aromatic ring is 1. The molecule has 2 rings (SSSR count). The molecule has 0 fully saturated rings. The third-order valence-electron chi connectivity index (χ3n) is 2.57. The maximum absolute atomic E-state index is 5.41. The maximum Gasteiger partial charge on any atom is 0.158 e. The quantitative estimate of drug-likeness (QED) is 0.552. The summed E-state index contributed by atoms with van der Waals surface area (Å²) in [5, 5.41) is 4.30. The Labute approximate surface area is 121 Å². The van der Waals surface area contributed by atoms with Crippen LogP contribution in [0.1, 0.15) is 28.7 Å². The molecule has 0 aliphatic rings. The summed E-state index contributed by atoms with van der Waals surface area (Å²) in [6.07, 6.45) is 1.86. The van der Waals surface area contributed by atoms with E-state index in [-0.39, 0.29) is 6.04 Å². The van der Waals surface area contributed by atoms with E-state index in [1.54, 1.807) is 24.5 Å². The number of anilines is 2. The van der Waals surface area contributed by atoms with Crippen LogP contribution in [0.25, 0.3) is 0 Å². The fourth-order valence-corrected chi connectivity index (χ4v) is 2.47. The van der Waals surface area contributed by atoms with E-state index < -0.39 is 0 Å². The molecule has 108 valence electrons. The van der Waals surface area contributed by atoms with E-state index in [4.69, 9.17) is 10.6 Å². The average Bonchev–Trinajstić information content (AvgIpc) is 2.85. The highest BCUT2D eigenvalue weighted by Gasteiger charge is 2.11. The zero-order chi connectivity index (χ0) is 14.5. The molecule has 0 aliphatic carbocycles. The van der Waals surface area contributed by atoms with E-state index in [0.717, 1.165) is 5.01 Å². The summed E-state index contributed by atoms with van der Waals surface area (Å²) < 4.78 is 5.04. The van der Waals surface area contributed by atoms with E-state index in [2.05, 4.69) is 25.7 Å². The van der Waals surface area contributed by atoms with Crippen molar-refractivity contribution in [3.05, 3.63) is 28.0 Å². The summed E-state index contributed by atoms with van der Waals surface area (Å²) in [7, 11) is 1.60. The van der Waals surface area contributed by atoms with Crippen molar-refractivity contribution in [3.8, 4) is 0 Å². The topological polar surface area (TPSA) is 98.0 Å². The minimum atomic E-state index is 0.0598. The molecule has 0 aromatic carbocycles. The number of nitrogens with two attached hydrogens (primary N) is 1. The van der Waals surface area contributed by atoms with Gasteiger partial charge in [-0.3, -0.25) is 0 Å². The van der Waals surface area contributed by atoms with Gasteiger partial charge in [-0.1, -0.05) is 0 Å². The summed E-state index contributed by atoms with van der Waals surface area (Å²) in [5.74, 6) is 7.19. The van der Waals surface area contributed by atoms with Gasteiger partial charge in [-0.05, 0) is 13.8 Å². The number of hydrogen-bond acceptors (Lipinski definition) is 8. The van der Waals surface area contributed by atoms with Crippen molar-refractivity contribution >= 4 is 23.0 Å². The van der Waals surface area contributed by atoms with Crippen LogP contribution in [0.15, 0.2) is 12.3 Å². The lowest BCUT2D eigenvalue weighted by molar-refractivity contribution is 0.178. The summed E-state index contributed by atoms with van der Waals surface area (Å²) in [6, 6.07) is 1.81. The minimum absolute atomic E-state index is 0.0598. The zero-order valence-electron chi connectivity index (χ0n) is 11.7. The molecule has 2 heterocycles. The van der Waals surface area contributed by atoms with Crippen LogP contribution in [0.4, 0.5) is 11.6 Å². The Morgan fingerprint density at radius 3 is 2.75 bits per heavy atom. The number of ether oxygens (including phenoxy) is 1. The molecule has 0 amide bonds. The van der Waals surface area contributed by atoms with Crippen molar-refractivity contribution < 1.29 is 4.74 Å². The van der Waals surface area contributed by atoms with E-state index >= 15 is 0 Å². The largest absolute Gasteiger partial charge is 0.377 e. The molecule has 0 saturated carbocycles. The van der Waals surface area contributed by atoms with Crippen molar-refractivity contribution in [1.82, 2.24) is 15.0 Å². The number of nitrogens with zero attached hydrogens (tertiary/aromatic N) is 3. The Kier molecular flexibility index (Phi) is 4.83. The monoisotopic (exact) mass is 294 g/mol. The number of thiazole rings is 1. The Balaban J connectivity index is 2.17. The SMILES string of the molecule is COCc1nc(NN)cc(NC(C)c2ncc(C)s2)n1. The molecular weight excluding hydrogens is 276 g/mol. The molecule has 8 heteroatoms. The van der Waals surface area contributed by atoms with Gasteiger partial charge in [-0.25, -0.2) is 20.8 Å². The molecule has 2 aromatic rings. The van der Waals surface area contributed by atoms with E-state index in [1.807, 2.05) is 20.0 Å². The first-order chi connectivity index (χ1) is 9.62. The standard InChI is InChI=1S/C12H18N6OS/c1-7-5-14-12(20-7)8(2)15-9-4-10(18-13)17-11(16-9)6-19-3/h4-5,8H,6,13H2,1-3H3,(H2,15,16,17,18).